The van der Waals surface area contributed by atoms with Gasteiger partial charge in [0.15, 0.2) is 14.1 Å². The van der Waals surface area contributed by atoms with Crippen LogP contribution in [-0.2, 0) is 27.1 Å². The summed E-state index contributed by atoms with van der Waals surface area (Å²) in [6, 6.07) is 15.9. The first-order chi connectivity index (χ1) is 21.6. The Morgan fingerprint density at radius 3 is 2.41 bits per heavy atom. The van der Waals surface area contributed by atoms with Crippen molar-refractivity contribution in [3.63, 3.8) is 0 Å². The quantitative estimate of drug-likeness (QED) is 0.0823. The third-order valence-corrected chi connectivity index (χ3v) is 14.5. The molecule has 0 bridgehead atoms. The molecule has 4 aromatic rings. The molecule has 0 saturated heterocycles. The van der Waals surface area contributed by atoms with Gasteiger partial charge in [0.2, 0.25) is 0 Å². The number of methoxy groups -OCH3 is 1. The predicted molar refractivity (Wildman–Crippen MR) is 190 cm³/mol. The van der Waals surface area contributed by atoms with Gasteiger partial charge in [0.05, 0.1) is 53.4 Å². The van der Waals surface area contributed by atoms with E-state index in [1.165, 1.54) is 0 Å². The molecule has 46 heavy (non-hydrogen) atoms. The number of nitrogens with one attached hydrogen (secondary N) is 1. The fourth-order valence-corrected chi connectivity index (χ4v) is 6.38. The summed E-state index contributed by atoms with van der Waals surface area (Å²) >= 11 is -1.23. The van der Waals surface area contributed by atoms with Crippen LogP contribution in [0.2, 0.25) is 18.1 Å². The fraction of sp³-hybridized carbons (Fsp3) is 0.514. The molecule has 2 atom stereocenters. The average molecular weight is 666 g/mol. The smallest absolute Gasteiger partial charge is 0.192 e. The van der Waals surface area contributed by atoms with Crippen LogP contribution < -0.4 is 9.46 Å². The first-order valence-corrected chi connectivity index (χ1v) is 20.1. The lowest BCUT2D eigenvalue weighted by atomic mass is 10.1. The van der Waals surface area contributed by atoms with Crippen molar-refractivity contribution in [2.24, 2.45) is 0 Å². The van der Waals surface area contributed by atoms with E-state index in [4.69, 9.17) is 29.0 Å². The monoisotopic (exact) mass is 665 g/mol. The van der Waals surface area contributed by atoms with Crippen LogP contribution in [0.4, 0.5) is 0 Å². The van der Waals surface area contributed by atoms with Crippen LogP contribution in [0.5, 0.6) is 5.75 Å². The molecule has 3 heterocycles. The second-order valence-corrected chi connectivity index (χ2v) is 20.9. The molecule has 3 aromatic heterocycles. The third kappa shape index (κ3) is 8.75. The van der Waals surface area contributed by atoms with Crippen LogP contribution in [0.25, 0.3) is 28.0 Å². The van der Waals surface area contributed by atoms with Gasteiger partial charge in [-0.2, -0.15) is 5.10 Å². The number of aromatic nitrogens is 4. The zero-order chi connectivity index (χ0) is 33.7. The Labute approximate surface area is 278 Å². The van der Waals surface area contributed by atoms with E-state index in [0.29, 0.717) is 31.4 Å². The number of pyridine rings is 2. The molecular weight excluding hydrogens is 615 g/mol. The maximum Gasteiger partial charge on any atom is 0.192 e. The molecule has 4 rings (SSSR count). The van der Waals surface area contributed by atoms with Crippen LogP contribution in [0.15, 0.2) is 54.7 Å². The largest absolute Gasteiger partial charge is 0.598 e. The van der Waals surface area contributed by atoms with Gasteiger partial charge < -0.3 is 18.5 Å². The first kappa shape index (κ1) is 36.0. The Kier molecular flexibility index (Phi) is 11.7. The number of rotatable bonds is 14. The van der Waals surface area contributed by atoms with Gasteiger partial charge in [-0.1, -0.05) is 46.2 Å². The van der Waals surface area contributed by atoms with Crippen LogP contribution in [-0.4, -0.2) is 57.7 Å². The minimum absolute atomic E-state index is 0.111. The van der Waals surface area contributed by atoms with Gasteiger partial charge in [-0.15, -0.1) is 4.72 Å². The molecule has 0 amide bonds. The highest BCUT2D eigenvalue weighted by molar-refractivity contribution is 7.90. The molecule has 0 aliphatic heterocycles. The molecule has 0 aliphatic carbocycles. The summed E-state index contributed by atoms with van der Waals surface area (Å²) in [4.78, 5) is 10.0. The van der Waals surface area contributed by atoms with Crippen molar-refractivity contribution in [2.45, 2.75) is 96.8 Å². The van der Waals surface area contributed by atoms with Gasteiger partial charge in [0.1, 0.15) is 17.1 Å². The highest BCUT2D eigenvalue weighted by Gasteiger charge is 2.37. The summed E-state index contributed by atoms with van der Waals surface area (Å²) in [5.74, 6) is 1.39. The van der Waals surface area contributed by atoms with Crippen molar-refractivity contribution >= 4 is 30.6 Å². The average Bonchev–Trinajstić information content (AvgIpc) is 3.43. The summed E-state index contributed by atoms with van der Waals surface area (Å²) < 4.78 is 35.7. The van der Waals surface area contributed by atoms with E-state index in [0.717, 1.165) is 46.4 Å². The third-order valence-electron chi connectivity index (χ3n) is 8.40. The van der Waals surface area contributed by atoms with Crippen molar-refractivity contribution in [3.8, 4) is 22.8 Å². The Morgan fingerprint density at radius 1 is 1.00 bits per heavy atom. The molecule has 0 aliphatic rings. The summed E-state index contributed by atoms with van der Waals surface area (Å²) in [5, 5.41) is 5.73. The molecule has 0 spiro atoms. The van der Waals surface area contributed by atoms with Crippen LogP contribution in [0, 0.1) is 0 Å². The molecule has 0 radical (unpaired) electrons. The molecule has 1 aromatic carbocycles. The zero-order valence-electron chi connectivity index (χ0n) is 29.1. The van der Waals surface area contributed by atoms with E-state index in [-0.39, 0.29) is 15.8 Å². The van der Waals surface area contributed by atoms with E-state index >= 15 is 0 Å². The van der Waals surface area contributed by atoms with Gasteiger partial charge in [-0.25, -0.2) is 9.67 Å². The molecule has 0 fully saturated rings. The van der Waals surface area contributed by atoms with Gasteiger partial charge >= 0.3 is 0 Å². The van der Waals surface area contributed by atoms with Crippen molar-refractivity contribution in [2.75, 3.05) is 20.3 Å². The standard InChI is InChI=1S/C35H51N5O4SSi/c1-11-14-30(39-45(41)34(2,3)4)29-17-13-16-28(38-29)25-21-31-27(32(22-25)43-20-19-42-8)23-36-40(31)33-18-12-15-26(37-33)24-44-46(9,10)35(5,6)7/h12-13,15-18,21-23,30,39H,11,14,19-20,24H2,1-10H3/t30-,45+/m0/s1. The van der Waals surface area contributed by atoms with Crippen molar-refractivity contribution in [1.82, 2.24) is 24.5 Å². The number of fused-ring (bicyclic) bond motifs is 1. The van der Waals surface area contributed by atoms with Gasteiger partial charge in [0.25, 0.3) is 0 Å². The van der Waals surface area contributed by atoms with E-state index in [1.807, 2.05) is 74.1 Å². The number of hydrogen-bond acceptors (Lipinski definition) is 8. The number of ether oxygens (including phenoxy) is 2. The lowest BCUT2D eigenvalue weighted by Gasteiger charge is -2.36. The zero-order valence-corrected chi connectivity index (χ0v) is 31.0. The summed E-state index contributed by atoms with van der Waals surface area (Å²) in [6.07, 6.45) is 3.56. The highest BCUT2D eigenvalue weighted by atomic mass is 32.2. The summed E-state index contributed by atoms with van der Waals surface area (Å²) in [5.41, 5.74) is 4.23. The van der Waals surface area contributed by atoms with E-state index in [9.17, 15) is 4.55 Å². The molecule has 1 N–H and O–H groups in total. The van der Waals surface area contributed by atoms with Crippen molar-refractivity contribution < 1.29 is 18.5 Å². The number of hydrogen-bond donors (Lipinski definition) is 1. The SMILES string of the molecule is CCC[C@H](N[S@+]([O-])C(C)(C)C)c1cccc(-c2cc(OCCOC)c3cnn(-c4cccc(CO[Si](C)(C)C(C)(C)C)n4)c3c2)n1. The van der Waals surface area contributed by atoms with E-state index in [2.05, 4.69) is 51.6 Å². The summed E-state index contributed by atoms with van der Waals surface area (Å²) in [7, 11) is -0.282. The van der Waals surface area contributed by atoms with Crippen molar-refractivity contribution in [3.05, 3.63) is 66.1 Å². The molecule has 9 nitrogen and oxygen atoms in total. The number of benzene rings is 1. The van der Waals surface area contributed by atoms with Gasteiger partial charge in [-0.3, -0.25) is 4.98 Å². The Balaban J connectivity index is 1.75. The lowest BCUT2D eigenvalue weighted by Crippen LogP contribution is -2.41. The van der Waals surface area contributed by atoms with E-state index in [1.54, 1.807) is 7.11 Å². The topological polar surface area (TPSA) is 106 Å². The Morgan fingerprint density at radius 2 is 1.74 bits per heavy atom. The van der Waals surface area contributed by atoms with E-state index < -0.39 is 19.7 Å². The second-order valence-electron chi connectivity index (χ2n) is 14.1. The molecule has 0 saturated carbocycles. The van der Waals surface area contributed by atoms with Gasteiger partial charge in [0, 0.05) is 24.0 Å². The summed E-state index contributed by atoms with van der Waals surface area (Å²) in [6.45, 7) is 20.5. The van der Waals surface area contributed by atoms with Crippen molar-refractivity contribution in [1.29, 1.82) is 0 Å². The van der Waals surface area contributed by atoms with Crippen LogP contribution in [0.3, 0.4) is 0 Å². The first-order valence-electron chi connectivity index (χ1n) is 16.0. The number of nitrogens with zero attached hydrogens (tertiary/aromatic N) is 4. The highest BCUT2D eigenvalue weighted by Crippen LogP contribution is 2.37. The molecule has 11 heteroatoms. The minimum atomic E-state index is -1.94. The minimum Gasteiger partial charge on any atom is -0.598 e. The van der Waals surface area contributed by atoms with Gasteiger partial charge in [-0.05, 0) is 81.7 Å². The molecular formula is C35H51N5O4SSi. The second kappa shape index (κ2) is 15.0. The Bertz CT molecular complexity index is 1600. The predicted octanol–water partition coefficient (Wildman–Crippen LogP) is 7.92. The lowest BCUT2D eigenvalue weighted by molar-refractivity contribution is 0.147. The maximum atomic E-state index is 13.0. The molecule has 250 valence electrons. The van der Waals surface area contributed by atoms with Crippen LogP contribution in [0.1, 0.15) is 78.7 Å². The maximum absolute atomic E-state index is 13.0. The van der Waals surface area contributed by atoms with Crippen LogP contribution >= 0.6 is 0 Å². The fourth-order valence-electron chi connectivity index (χ4n) is 4.58. The normalized spacial score (nSPS) is 14.1. The Hall–Kier alpha value is -2.80. The molecule has 0 unspecified atom stereocenters.